The van der Waals surface area contributed by atoms with Crippen molar-refractivity contribution in [2.45, 2.75) is 19.9 Å². The largest absolute Gasteiger partial charge is 0.338 e. The van der Waals surface area contributed by atoms with Crippen LogP contribution in [0.1, 0.15) is 13.8 Å². The van der Waals surface area contributed by atoms with Crippen LogP contribution in [0.5, 0.6) is 0 Å². The van der Waals surface area contributed by atoms with E-state index in [4.69, 9.17) is 0 Å². The van der Waals surface area contributed by atoms with Crippen molar-refractivity contribution in [3.05, 3.63) is 116 Å². The van der Waals surface area contributed by atoms with Crippen LogP contribution in [0.3, 0.4) is 0 Å². The monoisotopic (exact) mass is 767 g/mol. The fourth-order valence-electron chi connectivity index (χ4n) is 4.87. The molecule has 0 saturated heterocycles. The number of quaternary nitrogens is 1. The molecule has 22 heteroatoms. The van der Waals surface area contributed by atoms with Gasteiger partial charge in [-0.2, -0.15) is 0 Å². The summed E-state index contributed by atoms with van der Waals surface area (Å²) in [5, 5.41) is 0. The molecule has 0 spiro atoms. The van der Waals surface area contributed by atoms with E-state index in [0.29, 0.717) is 0 Å². The Morgan fingerprint density at radius 2 is 0.373 bits per heavy atom. The van der Waals surface area contributed by atoms with E-state index in [1.165, 1.54) is 4.90 Å². The Kier molecular flexibility index (Phi) is 11.4. The van der Waals surface area contributed by atoms with E-state index in [9.17, 15) is 52.7 Å². The van der Waals surface area contributed by atoms with Gasteiger partial charge in [-0.3, -0.25) is 0 Å². The summed E-state index contributed by atoms with van der Waals surface area (Å²) >= 11 is 0. The second-order valence-corrected chi connectivity index (χ2v) is 11.0. The minimum absolute atomic E-state index is 0.769. The molecule has 4 aromatic rings. The minimum atomic E-state index is -7.22. The van der Waals surface area contributed by atoms with Crippen LogP contribution in [0.4, 0.5) is 87.8 Å². The molecule has 0 saturated carbocycles. The maximum absolute atomic E-state index is 15.4. The molecule has 0 aliphatic heterocycles. The van der Waals surface area contributed by atoms with Crippen LogP contribution in [0.2, 0.25) is 0 Å². The van der Waals surface area contributed by atoms with Gasteiger partial charge < -0.3 is 4.90 Å². The highest BCUT2D eigenvalue weighted by Crippen LogP contribution is 2.30. The van der Waals surface area contributed by atoms with Crippen molar-refractivity contribution in [3.8, 4) is 0 Å². The Morgan fingerprint density at radius 3 is 0.471 bits per heavy atom. The van der Waals surface area contributed by atoms with E-state index < -0.39 is 144 Å². The van der Waals surface area contributed by atoms with Gasteiger partial charge in [0.05, 0.1) is 20.1 Å². The van der Waals surface area contributed by atoms with E-state index in [-0.39, 0.29) is 0 Å². The highest BCUT2D eigenvalue weighted by atomic mass is 19.2. The third-order valence-corrected chi connectivity index (χ3v) is 7.86. The van der Waals surface area contributed by atoms with Crippen LogP contribution in [-0.4, -0.2) is 26.3 Å². The van der Waals surface area contributed by atoms with E-state index >= 15 is 35.1 Å². The lowest BCUT2D eigenvalue weighted by atomic mass is 9.12. The maximum atomic E-state index is 15.4. The van der Waals surface area contributed by atoms with Gasteiger partial charge in [-0.1, -0.05) is 0 Å². The smallest absolute Gasteiger partial charge is 0.200 e. The third-order valence-electron chi connectivity index (χ3n) is 7.86. The molecule has 0 bridgehead atoms. The molecule has 0 radical (unpaired) electrons. The Hall–Kier alpha value is -4.50. The molecule has 0 aromatic heterocycles. The lowest BCUT2D eigenvalue weighted by Crippen LogP contribution is -3.09. The van der Waals surface area contributed by atoms with Gasteiger partial charge in [-0.25, -0.2) is 87.8 Å². The number of hydrogen-bond donors (Lipinski definition) is 1. The Bertz CT molecular complexity index is 1670. The van der Waals surface area contributed by atoms with Crippen molar-refractivity contribution in [1.82, 2.24) is 0 Å². The molecule has 51 heavy (non-hydrogen) atoms. The van der Waals surface area contributed by atoms with Gasteiger partial charge in [-0.15, -0.1) is 21.9 Å². The summed E-state index contributed by atoms with van der Waals surface area (Å²) in [6, 6.07) is 0.769. The molecule has 278 valence electrons. The van der Waals surface area contributed by atoms with Crippen LogP contribution in [0.15, 0.2) is 0 Å². The zero-order valence-corrected chi connectivity index (χ0v) is 25.2. The summed E-state index contributed by atoms with van der Waals surface area (Å²) in [4.78, 5) is 1.51. The fourth-order valence-corrected chi connectivity index (χ4v) is 4.87. The van der Waals surface area contributed by atoms with Crippen molar-refractivity contribution in [2.75, 3.05) is 14.1 Å². The molecular formula is C29H14BF20N. The topological polar surface area (TPSA) is 4.44 Å². The van der Waals surface area contributed by atoms with Crippen molar-refractivity contribution in [2.24, 2.45) is 0 Å². The van der Waals surface area contributed by atoms with Crippen molar-refractivity contribution < 1.29 is 92.7 Å². The van der Waals surface area contributed by atoms with Gasteiger partial charge in [0.25, 0.3) is 0 Å². The number of hydrogen-bond acceptors (Lipinski definition) is 0. The van der Waals surface area contributed by atoms with Gasteiger partial charge in [-0.05, 0) is 13.8 Å². The summed E-state index contributed by atoms with van der Waals surface area (Å²) in [7, 11) is 4.31. The first-order valence-electron chi connectivity index (χ1n) is 13.4. The molecule has 1 nitrogen and oxygen atoms in total. The highest BCUT2D eigenvalue weighted by molar-refractivity contribution is 7.20. The second kappa shape index (κ2) is 14.3. The highest BCUT2D eigenvalue weighted by Gasteiger charge is 2.52. The second-order valence-electron chi connectivity index (χ2n) is 11.0. The molecule has 0 fully saturated rings. The number of benzene rings is 4. The van der Waals surface area contributed by atoms with Crippen molar-refractivity contribution in [1.29, 1.82) is 0 Å². The van der Waals surface area contributed by atoms with E-state index in [1.54, 1.807) is 0 Å². The molecule has 0 atom stereocenters. The zero-order valence-electron chi connectivity index (χ0n) is 25.2. The number of rotatable bonds is 5. The molecule has 1 N–H and O–H groups in total. The van der Waals surface area contributed by atoms with Crippen LogP contribution < -0.4 is 26.8 Å². The quantitative estimate of drug-likeness (QED) is 0.121. The van der Waals surface area contributed by atoms with Crippen LogP contribution >= 0.6 is 0 Å². The lowest BCUT2D eigenvalue weighted by molar-refractivity contribution is -0.881. The zero-order chi connectivity index (χ0) is 39.5. The number of nitrogens with one attached hydrogen (secondary N) is 1. The van der Waals surface area contributed by atoms with E-state index in [0.717, 1.165) is 6.04 Å². The molecule has 0 heterocycles. The van der Waals surface area contributed by atoms with Crippen LogP contribution in [-0.2, 0) is 0 Å². The molecule has 4 aromatic carbocycles. The van der Waals surface area contributed by atoms with Crippen LogP contribution in [0.25, 0.3) is 0 Å². The summed E-state index contributed by atoms with van der Waals surface area (Å²) in [6.07, 6.45) is -7.22. The van der Waals surface area contributed by atoms with Crippen molar-refractivity contribution >= 4 is 28.0 Å². The van der Waals surface area contributed by atoms with Gasteiger partial charge in [0.15, 0.2) is 69.8 Å². The summed E-state index contributed by atoms with van der Waals surface area (Å²) in [5.74, 6) is -71.4. The van der Waals surface area contributed by atoms with Gasteiger partial charge in [0.2, 0.25) is 0 Å². The SMILES string of the molecule is CC(C)[NH+](C)C.Fc1c(F)c(F)c([B-](c2c(F)c(F)c(F)c(F)c2F)(c2c(F)c(F)c(F)c(F)c2F)c2c(F)c(F)c(F)c(F)c2F)c(F)c1F. The Morgan fingerprint density at radius 1 is 0.275 bits per heavy atom. The van der Waals surface area contributed by atoms with Gasteiger partial charge in [0.1, 0.15) is 52.7 Å². The lowest BCUT2D eigenvalue weighted by Gasteiger charge is -2.44. The average Bonchev–Trinajstić information content (AvgIpc) is 3.08. The Labute approximate surface area is 271 Å². The molecule has 0 aliphatic carbocycles. The first kappa shape index (κ1) is 40.9. The average molecular weight is 767 g/mol. The maximum Gasteiger partial charge on any atom is 0.200 e. The first-order valence-corrected chi connectivity index (χ1v) is 13.4. The predicted molar refractivity (Wildman–Crippen MR) is 137 cm³/mol. The molecular weight excluding hydrogens is 753 g/mol. The predicted octanol–water partition coefficient (Wildman–Crippen LogP) is 5.39. The van der Waals surface area contributed by atoms with Gasteiger partial charge in [0, 0.05) is 0 Å². The molecule has 0 aliphatic rings. The van der Waals surface area contributed by atoms with E-state index in [2.05, 4.69) is 27.9 Å². The molecule has 0 unspecified atom stereocenters. The van der Waals surface area contributed by atoms with Crippen molar-refractivity contribution in [3.63, 3.8) is 0 Å². The van der Waals surface area contributed by atoms with Gasteiger partial charge >= 0.3 is 0 Å². The first-order chi connectivity index (χ1) is 23.3. The standard InChI is InChI=1S/C24BF20.C5H13N/c26-5-1(6(27)14(35)21(42)13(5)34)25(2-7(28)15(36)22(43)16(37)8(2)29,3-9(30)17(38)23(44)18(39)10(3)31)4-11(32)19(40)24(45)20(41)12(4)33;1-5(2)6(3)4/h;5H,1-4H3/q-1;/p+1. The normalized spacial score (nSPS) is 11.9. The summed E-state index contributed by atoms with van der Waals surface area (Å²) in [6.45, 7) is 4.41. The number of halogens is 20. The Balaban J connectivity index is 0.00000107. The minimum Gasteiger partial charge on any atom is -0.338 e. The molecule has 4 rings (SSSR count). The van der Waals surface area contributed by atoms with Crippen LogP contribution in [0, 0.1) is 116 Å². The van der Waals surface area contributed by atoms with E-state index in [1.807, 2.05) is 0 Å². The summed E-state index contributed by atoms with van der Waals surface area (Å²) < 4.78 is 294. The fraction of sp³-hybridized carbons (Fsp3) is 0.172. The summed E-state index contributed by atoms with van der Waals surface area (Å²) in [5.41, 5.74) is -14.3. The molecule has 0 amide bonds. The third kappa shape index (κ3) is 6.03.